The van der Waals surface area contributed by atoms with Crippen LogP contribution in [0.25, 0.3) is 6.08 Å². The van der Waals surface area contributed by atoms with Crippen molar-refractivity contribution in [3.8, 4) is 11.5 Å². The van der Waals surface area contributed by atoms with Gasteiger partial charge in [-0.05, 0) is 48.4 Å². The summed E-state index contributed by atoms with van der Waals surface area (Å²) in [6.07, 6.45) is 3.15. The van der Waals surface area contributed by atoms with Gasteiger partial charge in [0.25, 0.3) is 0 Å². The van der Waals surface area contributed by atoms with Crippen LogP contribution in [0.1, 0.15) is 11.1 Å². The maximum Gasteiger partial charge on any atom is 0.248 e. The number of ether oxygens (including phenoxy) is 2. The number of benzene rings is 2. The molecule has 0 spiro atoms. The first-order chi connectivity index (χ1) is 11.1. The van der Waals surface area contributed by atoms with Crippen LogP contribution in [0.15, 0.2) is 42.5 Å². The lowest BCUT2D eigenvalue weighted by Crippen LogP contribution is -2.15. The molecular formula is C18H16ClNO3. The van der Waals surface area contributed by atoms with Crippen molar-refractivity contribution < 1.29 is 14.3 Å². The van der Waals surface area contributed by atoms with E-state index in [1.807, 2.05) is 31.2 Å². The van der Waals surface area contributed by atoms with Crippen molar-refractivity contribution in [3.63, 3.8) is 0 Å². The minimum atomic E-state index is -0.207. The molecule has 23 heavy (non-hydrogen) atoms. The Hall–Kier alpha value is -2.46. The molecule has 1 aliphatic rings. The molecular weight excluding hydrogens is 314 g/mol. The largest absolute Gasteiger partial charge is 0.486 e. The highest BCUT2D eigenvalue weighted by Gasteiger charge is 2.15. The van der Waals surface area contributed by atoms with Crippen molar-refractivity contribution in [1.29, 1.82) is 0 Å². The number of rotatable bonds is 3. The van der Waals surface area contributed by atoms with Crippen molar-refractivity contribution in [2.24, 2.45) is 0 Å². The third-order valence-corrected chi connectivity index (χ3v) is 3.61. The second kappa shape index (κ2) is 6.75. The molecule has 0 aliphatic carbocycles. The summed E-state index contributed by atoms with van der Waals surface area (Å²) in [5.41, 5.74) is 2.63. The third kappa shape index (κ3) is 3.85. The number of hydrogen-bond donors (Lipinski definition) is 1. The van der Waals surface area contributed by atoms with Crippen LogP contribution in [0.5, 0.6) is 11.5 Å². The predicted octanol–water partition coefficient (Wildman–Crippen LogP) is 4.07. The van der Waals surface area contributed by atoms with Crippen LogP contribution in [0.2, 0.25) is 5.02 Å². The molecule has 0 unspecified atom stereocenters. The van der Waals surface area contributed by atoms with Crippen LogP contribution in [0, 0.1) is 6.92 Å². The average molecular weight is 330 g/mol. The molecule has 0 aromatic heterocycles. The van der Waals surface area contributed by atoms with Gasteiger partial charge in [0.05, 0.1) is 5.02 Å². The topological polar surface area (TPSA) is 47.6 Å². The highest BCUT2D eigenvalue weighted by atomic mass is 35.5. The van der Waals surface area contributed by atoms with Gasteiger partial charge in [0.2, 0.25) is 5.91 Å². The molecule has 2 aromatic rings. The van der Waals surface area contributed by atoms with Gasteiger partial charge in [-0.2, -0.15) is 0 Å². The molecule has 2 aromatic carbocycles. The Morgan fingerprint density at radius 3 is 2.87 bits per heavy atom. The molecule has 0 saturated heterocycles. The Morgan fingerprint density at radius 1 is 1.22 bits per heavy atom. The Kier molecular flexibility index (Phi) is 4.53. The normalized spacial score (nSPS) is 13.1. The molecule has 3 rings (SSSR count). The first-order valence-electron chi connectivity index (χ1n) is 7.27. The number of halogens is 1. The zero-order valence-corrected chi connectivity index (χ0v) is 13.4. The second-order valence-electron chi connectivity index (χ2n) is 5.22. The maximum absolute atomic E-state index is 12.0. The molecule has 4 nitrogen and oxygen atoms in total. The van der Waals surface area contributed by atoms with Gasteiger partial charge in [-0.1, -0.05) is 23.7 Å². The lowest BCUT2D eigenvalue weighted by Gasteiger charge is -2.19. The van der Waals surface area contributed by atoms with Gasteiger partial charge >= 0.3 is 0 Å². The van der Waals surface area contributed by atoms with Crippen LogP contribution in [0.4, 0.5) is 5.69 Å². The quantitative estimate of drug-likeness (QED) is 0.863. The van der Waals surface area contributed by atoms with Crippen LogP contribution in [0.3, 0.4) is 0 Å². The fraction of sp³-hybridized carbons (Fsp3) is 0.167. The van der Waals surface area contributed by atoms with E-state index in [1.54, 1.807) is 18.2 Å². The molecule has 1 aliphatic heterocycles. The summed E-state index contributed by atoms with van der Waals surface area (Å²) >= 11 is 6.17. The monoisotopic (exact) mass is 329 g/mol. The van der Waals surface area contributed by atoms with E-state index >= 15 is 0 Å². The van der Waals surface area contributed by atoms with Crippen LogP contribution in [-0.4, -0.2) is 19.1 Å². The summed E-state index contributed by atoms with van der Waals surface area (Å²) in [5.74, 6) is 0.948. The predicted molar refractivity (Wildman–Crippen MR) is 91.3 cm³/mol. The first kappa shape index (κ1) is 15.4. The number of fused-ring (bicyclic) bond motifs is 1. The van der Waals surface area contributed by atoms with Gasteiger partial charge in [0.1, 0.15) is 13.2 Å². The van der Waals surface area contributed by atoms with Gasteiger partial charge in [-0.3, -0.25) is 4.79 Å². The van der Waals surface area contributed by atoms with E-state index in [4.69, 9.17) is 21.1 Å². The van der Waals surface area contributed by atoms with Gasteiger partial charge in [0.15, 0.2) is 11.5 Å². The van der Waals surface area contributed by atoms with Crippen molar-refractivity contribution in [2.75, 3.05) is 18.5 Å². The smallest absolute Gasteiger partial charge is 0.248 e. The highest BCUT2D eigenvalue weighted by Crippen LogP contribution is 2.38. The van der Waals surface area contributed by atoms with E-state index in [0.717, 1.165) is 16.8 Å². The van der Waals surface area contributed by atoms with Gasteiger partial charge in [0, 0.05) is 11.8 Å². The Balaban J connectivity index is 1.72. The number of hydrogen-bond acceptors (Lipinski definition) is 3. The summed E-state index contributed by atoms with van der Waals surface area (Å²) in [7, 11) is 0. The molecule has 0 bridgehead atoms. The fourth-order valence-electron chi connectivity index (χ4n) is 2.31. The van der Waals surface area contributed by atoms with Crippen molar-refractivity contribution in [3.05, 3.63) is 58.6 Å². The van der Waals surface area contributed by atoms with Crippen LogP contribution in [-0.2, 0) is 4.79 Å². The number of aryl methyl sites for hydroxylation is 1. The van der Waals surface area contributed by atoms with Crippen LogP contribution < -0.4 is 14.8 Å². The molecule has 0 atom stereocenters. The third-order valence-electron chi connectivity index (χ3n) is 3.33. The average Bonchev–Trinajstić information content (AvgIpc) is 2.53. The number of carbonyl (C=O) groups excluding carboxylic acids is 1. The van der Waals surface area contributed by atoms with Gasteiger partial charge in [-0.25, -0.2) is 0 Å². The number of nitrogens with one attached hydrogen (secondary N) is 1. The van der Waals surface area contributed by atoms with Gasteiger partial charge < -0.3 is 14.8 Å². The SMILES string of the molecule is Cc1cccc(NC(=O)/C=C/c2cc(Cl)c3c(c2)OCCO3)c1. The summed E-state index contributed by atoms with van der Waals surface area (Å²) < 4.78 is 11.0. The fourth-order valence-corrected chi connectivity index (χ4v) is 2.58. The summed E-state index contributed by atoms with van der Waals surface area (Å²) in [6, 6.07) is 11.2. The molecule has 0 saturated carbocycles. The minimum absolute atomic E-state index is 0.207. The second-order valence-corrected chi connectivity index (χ2v) is 5.63. The molecule has 1 N–H and O–H groups in total. The molecule has 1 heterocycles. The zero-order chi connectivity index (χ0) is 16.2. The minimum Gasteiger partial charge on any atom is -0.486 e. The molecule has 118 valence electrons. The summed E-state index contributed by atoms with van der Waals surface area (Å²) in [6.45, 7) is 2.95. The van der Waals surface area contributed by atoms with E-state index in [0.29, 0.717) is 29.7 Å². The first-order valence-corrected chi connectivity index (χ1v) is 7.64. The lowest BCUT2D eigenvalue weighted by atomic mass is 10.1. The molecule has 1 amide bonds. The van der Waals surface area contributed by atoms with Crippen molar-refractivity contribution in [2.45, 2.75) is 6.92 Å². The standard InChI is InChI=1S/C18H16ClNO3/c1-12-3-2-4-14(9-12)20-17(21)6-5-13-10-15(19)18-16(11-13)22-7-8-23-18/h2-6,9-11H,7-8H2,1H3,(H,20,21)/b6-5+. The van der Waals surface area contributed by atoms with Crippen molar-refractivity contribution >= 4 is 29.3 Å². The van der Waals surface area contributed by atoms with Crippen molar-refractivity contribution in [1.82, 2.24) is 0 Å². The molecule has 0 radical (unpaired) electrons. The summed E-state index contributed by atoms with van der Waals surface area (Å²) in [4.78, 5) is 12.0. The van der Waals surface area contributed by atoms with E-state index in [1.165, 1.54) is 6.08 Å². The zero-order valence-electron chi connectivity index (χ0n) is 12.6. The van der Waals surface area contributed by atoms with E-state index in [-0.39, 0.29) is 5.91 Å². The number of carbonyl (C=O) groups is 1. The maximum atomic E-state index is 12.0. The lowest BCUT2D eigenvalue weighted by molar-refractivity contribution is -0.111. The molecule has 5 heteroatoms. The Bertz CT molecular complexity index is 771. The van der Waals surface area contributed by atoms with E-state index < -0.39 is 0 Å². The number of anilines is 1. The molecule has 0 fully saturated rings. The summed E-state index contributed by atoms with van der Waals surface area (Å²) in [5, 5.41) is 3.29. The number of amides is 1. The van der Waals surface area contributed by atoms with Crippen LogP contribution >= 0.6 is 11.6 Å². The van der Waals surface area contributed by atoms with E-state index in [9.17, 15) is 4.79 Å². The van der Waals surface area contributed by atoms with Gasteiger partial charge in [-0.15, -0.1) is 0 Å². The Labute approximate surface area is 139 Å². The Morgan fingerprint density at radius 2 is 2.04 bits per heavy atom. The van der Waals surface area contributed by atoms with E-state index in [2.05, 4.69) is 5.32 Å². The highest BCUT2D eigenvalue weighted by molar-refractivity contribution is 6.32.